The molecule has 0 N–H and O–H groups in total. The van der Waals surface area contributed by atoms with Crippen molar-refractivity contribution in [2.45, 2.75) is 32.9 Å². The molecule has 0 fully saturated rings. The summed E-state index contributed by atoms with van der Waals surface area (Å²) >= 11 is 7.40. The number of rotatable bonds is 6. The Kier molecular flexibility index (Phi) is 5.28. The summed E-state index contributed by atoms with van der Waals surface area (Å²) < 4.78 is 1.40. The van der Waals surface area contributed by atoms with E-state index in [4.69, 9.17) is 11.6 Å². The third kappa shape index (κ3) is 4.01. The van der Waals surface area contributed by atoms with Gasteiger partial charge in [0.2, 0.25) is 4.96 Å². The predicted octanol–water partition coefficient (Wildman–Crippen LogP) is 3.39. The van der Waals surface area contributed by atoms with Crippen LogP contribution in [0.2, 0.25) is 5.02 Å². The molecule has 0 radical (unpaired) electrons. The van der Waals surface area contributed by atoms with Gasteiger partial charge < -0.3 is 0 Å². The highest BCUT2D eigenvalue weighted by Gasteiger charge is 2.10. The summed E-state index contributed by atoms with van der Waals surface area (Å²) in [5.41, 5.74) is 1.82. The maximum absolute atomic E-state index is 12.2. The molecule has 2 aromatic heterocycles. The first-order chi connectivity index (χ1) is 11.5. The van der Waals surface area contributed by atoms with E-state index in [-0.39, 0.29) is 5.56 Å². The molecule has 0 aliphatic carbocycles. The second-order valence-corrected chi connectivity index (χ2v) is 7.30. The first-order valence-electron chi connectivity index (χ1n) is 7.87. The van der Waals surface area contributed by atoms with E-state index in [0.717, 1.165) is 35.1 Å². The summed E-state index contributed by atoms with van der Waals surface area (Å²) in [5, 5.41) is 6.02. The molecule has 0 spiro atoms. The van der Waals surface area contributed by atoms with Crippen LogP contribution in [0.4, 0.5) is 0 Å². The molecular weight excluding hydrogens is 344 g/mol. The van der Waals surface area contributed by atoms with Crippen LogP contribution in [0.5, 0.6) is 0 Å². The van der Waals surface area contributed by atoms with Crippen molar-refractivity contribution in [2.24, 2.45) is 0 Å². The molecule has 0 saturated heterocycles. The molecule has 0 aliphatic rings. The van der Waals surface area contributed by atoms with Crippen molar-refractivity contribution in [3.05, 3.63) is 62.0 Å². The fourth-order valence-corrected chi connectivity index (χ4v) is 3.67. The third-order valence-corrected chi connectivity index (χ3v) is 4.82. The Morgan fingerprint density at radius 3 is 2.71 bits per heavy atom. The second-order valence-electron chi connectivity index (χ2n) is 5.82. The zero-order valence-corrected chi connectivity index (χ0v) is 15.3. The van der Waals surface area contributed by atoms with E-state index in [1.807, 2.05) is 31.3 Å². The number of aryl methyl sites for hydroxylation is 1. The van der Waals surface area contributed by atoms with Gasteiger partial charge in [-0.15, -0.1) is 0 Å². The van der Waals surface area contributed by atoms with Crippen LogP contribution in [0, 0.1) is 0 Å². The Balaban J connectivity index is 1.76. The monoisotopic (exact) mass is 362 g/mol. The minimum Gasteiger partial charge on any atom is -0.296 e. The van der Waals surface area contributed by atoms with Crippen LogP contribution >= 0.6 is 22.9 Å². The van der Waals surface area contributed by atoms with Gasteiger partial charge in [-0.25, -0.2) is 4.98 Å². The lowest BCUT2D eigenvalue weighted by atomic mass is 10.2. The Morgan fingerprint density at radius 1 is 1.25 bits per heavy atom. The summed E-state index contributed by atoms with van der Waals surface area (Å²) in [6.45, 7) is 3.47. The summed E-state index contributed by atoms with van der Waals surface area (Å²) in [6.07, 6.45) is 1.88. The molecule has 7 heteroatoms. The van der Waals surface area contributed by atoms with Crippen LogP contribution in [-0.4, -0.2) is 26.5 Å². The van der Waals surface area contributed by atoms with Crippen LogP contribution in [-0.2, 0) is 19.5 Å². The summed E-state index contributed by atoms with van der Waals surface area (Å²) in [6, 6.07) is 9.35. The van der Waals surface area contributed by atoms with Crippen molar-refractivity contribution in [3.63, 3.8) is 0 Å². The molecule has 126 valence electrons. The lowest BCUT2D eigenvalue weighted by Crippen LogP contribution is -2.21. The van der Waals surface area contributed by atoms with Crippen LogP contribution in [0.25, 0.3) is 4.96 Å². The normalized spacial score (nSPS) is 11.5. The van der Waals surface area contributed by atoms with Gasteiger partial charge in [0.15, 0.2) is 0 Å². The van der Waals surface area contributed by atoms with Gasteiger partial charge in [0.05, 0.1) is 5.69 Å². The summed E-state index contributed by atoms with van der Waals surface area (Å²) in [7, 11) is 2.01. The maximum atomic E-state index is 12.2. The van der Waals surface area contributed by atoms with Gasteiger partial charge in [-0.05, 0) is 31.2 Å². The van der Waals surface area contributed by atoms with E-state index in [1.54, 1.807) is 6.07 Å². The lowest BCUT2D eigenvalue weighted by molar-refractivity contribution is 0.315. The van der Waals surface area contributed by atoms with Crippen LogP contribution in [0.15, 0.2) is 35.1 Å². The fraction of sp³-hybridized carbons (Fsp3) is 0.353. The van der Waals surface area contributed by atoms with E-state index in [9.17, 15) is 4.79 Å². The van der Waals surface area contributed by atoms with E-state index < -0.39 is 0 Å². The molecule has 5 nitrogen and oxygen atoms in total. The Bertz CT molecular complexity index is 888. The molecule has 24 heavy (non-hydrogen) atoms. The highest BCUT2D eigenvalue weighted by Crippen LogP contribution is 2.15. The molecule has 0 aliphatic heterocycles. The van der Waals surface area contributed by atoms with Gasteiger partial charge in [0, 0.05) is 30.6 Å². The average molecular weight is 363 g/mol. The highest BCUT2D eigenvalue weighted by atomic mass is 35.5. The van der Waals surface area contributed by atoms with Gasteiger partial charge in [-0.2, -0.15) is 9.61 Å². The third-order valence-electron chi connectivity index (χ3n) is 3.60. The second kappa shape index (κ2) is 7.42. The number of hydrogen-bond donors (Lipinski definition) is 0. The standard InChI is InChI=1S/C17H19ClN4OS/c1-3-4-15-20-22-16(23)9-14(19-17(22)24-15)11-21(2)10-12-5-7-13(18)8-6-12/h5-9H,3-4,10-11H2,1-2H3. The van der Waals surface area contributed by atoms with Gasteiger partial charge >= 0.3 is 0 Å². The first kappa shape index (κ1) is 17.1. The molecule has 1 aromatic carbocycles. The van der Waals surface area contributed by atoms with Crippen molar-refractivity contribution in [1.82, 2.24) is 19.5 Å². The minimum atomic E-state index is -0.117. The minimum absolute atomic E-state index is 0.117. The van der Waals surface area contributed by atoms with Gasteiger partial charge in [0.1, 0.15) is 5.01 Å². The van der Waals surface area contributed by atoms with Crippen molar-refractivity contribution in [1.29, 1.82) is 0 Å². The van der Waals surface area contributed by atoms with Crippen LogP contribution < -0.4 is 5.56 Å². The molecule has 3 aromatic rings. The summed E-state index contributed by atoms with van der Waals surface area (Å²) in [5.74, 6) is 0. The smallest absolute Gasteiger partial charge is 0.275 e. The molecule has 0 amide bonds. The number of fused-ring (bicyclic) bond motifs is 1. The molecule has 0 unspecified atom stereocenters. The lowest BCUT2D eigenvalue weighted by Gasteiger charge is -2.16. The van der Waals surface area contributed by atoms with Gasteiger partial charge in [-0.3, -0.25) is 9.69 Å². The van der Waals surface area contributed by atoms with E-state index in [0.29, 0.717) is 11.5 Å². The Hall–Kier alpha value is -1.76. The van der Waals surface area contributed by atoms with E-state index >= 15 is 0 Å². The van der Waals surface area contributed by atoms with Crippen molar-refractivity contribution in [3.8, 4) is 0 Å². The average Bonchev–Trinajstić information content (AvgIpc) is 2.93. The number of hydrogen-bond acceptors (Lipinski definition) is 5. The van der Waals surface area contributed by atoms with Crippen molar-refractivity contribution < 1.29 is 0 Å². The molecular formula is C17H19ClN4OS. The van der Waals surface area contributed by atoms with Gasteiger partial charge in [0.25, 0.3) is 5.56 Å². The van der Waals surface area contributed by atoms with E-state index in [2.05, 4.69) is 21.9 Å². The largest absolute Gasteiger partial charge is 0.296 e. The molecule has 0 bridgehead atoms. The zero-order chi connectivity index (χ0) is 17.1. The quantitative estimate of drug-likeness (QED) is 0.674. The molecule has 2 heterocycles. The topological polar surface area (TPSA) is 50.5 Å². The van der Waals surface area contributed by atoms with Gasteiger partial charge in [-0.1, -0.05) is 42.0 Å². The van der Waals surface area contributed by atoms with Crippen LogP contribution in [0.1, 0.15) is 29.6 Å². The highest BCUT2D eigenvalue weighted by molar-refractivity contribution is 7.16. The number of halogens is 1. The Labute approximate surface area is 149 Å². The van der Waals surface area contributed by atoms with E-state index in [1.165, 1.54) is 21.4 Å². The zero-order valence-electron chi connectivity index (χ0n) is 13.7. The fourth-order valence-electron chi connectivity index (χ4n) is 2.53. The first-order valence-corrected chi connectivity index (χ1v) is 9.06. The van der Waals surface area contributed by atoms with Crippen molar-refractivity contribution >= 4 is 27.9 Å². The molecule has 0 saturated carbocycles. The molecule has 3 rings (SSSR count). The number of aromatic nitrogens is 3. The van der Waals surface area contributed by atoms with Crippen LogP contribution in [0.3, 0.4) is 0 Å². The Morgan fingerprint density at radius 2 is 2.00 bits per heavy atom. The number of benzene rings is 1. The molecule has 0 atom stereocenters. The summed E-state index contributed by atoms with van der Waals surface area (Å²) in [4.78, 5) is 19.6. The SMILES string of the molecule is CCCc1nn2c(=O)cc(CN(C)Cc3ccc(Cl)cc3)nc2s1. The number of nitrogens with zero attached hydrogens (tertiary/aromatic N) is 4. The van der Waals surface area contributed by atoms with Crippen molar-refractivity contribution in [2.75, 3.05) is 7.05 Å². The predicted molar refractivity (Wildman–Crippen MR) is 97.8 cm³/mol. The maximum Gasteiger partial charge on any atom is 0.275 e.